The number of halogens is 3. The van der Waals surface area contributed by atoms with Crippen molar-refractivity contribution in [1.29, 1.82) is 0 Å². The Morgan fingerprint density at radius 3 is 2.67 bits per heavy atom. The molecule has 6 heteroatoms. The van der Waals surface area contributed by atoms with Crippen molar-refractivity contribution in [2.24, 2.45) is 0 Å². The molecule has 0 amide bonds. The van der Waals surface area contributed by atoms with Crippen molar-refractivity contribution in [2.45, 2.75) is 6.92 Å². The molecule has 94 valence electrons. The fourth-order valence-corrected chi connectivity index (χ4v) is 3.18. The van der Waals surface area contributed by atoms with E-state index < -0.39 is 5.82 Å². The molecule has 0 aliphatic carbocycles. The van der Waals surface area contributed by atoms with Gasteiger partial charge < -0.3 is 5.73 Å². The first-order valence-corrected chi connectivity index (χ1v) is 6.94. The molecule has 1 aromatic heterocycles. The van der Waals surface area contributed by atoms with E-state index >= 15 is 0 Å². The SMILES string of the molecule is Cc1cc(F)c(N)cc1C(=O)c1cc(Br)c(Cl)s1. The zero-order chi connectivity index (χ0) is 13.4. The number of nitrogens with two attached hydrogens (primary N) is 1. The van der Waals surface area contributed by atoms with Gasteiger partial charge in [0.15, 0.2) is 0 Å². The second-order valence-corrected chi connectivity index (χ2v) is 6.26. The van der Waals surface area contributed by atoms with Crippen LogP contribution in [0.2, 0.25) is 4.34 Å². The number of hydrogen-bond donors (Lipinski definition) is 1. The average Bonchev–Trinajstić information content (AvgIpc) is 2.63. The molecule has 0 atom stereocenters. The number of ketones is 1. The largest absolute Gasteiger partial charge is 0.396 e. The highest BCUT2D eigenvalue weighted by atomic mass is 79.9. The molecule has 0 bridgehead atoms. The third-order valence-corrected chi connectivity index (χ3v) is 4.93. The van der Waals surface area contributed by atoms with Crippen molar-refractivity contribution in [2.75, 3.05) is 5.73 Å². The number of nitrogen functional groups attached to an aromatic ring is 1. The standard InChI is InChI=1S/C12H8BrClFNOS/c1-5-2-8(15)9(16)3-6(5)11(17)10-4-7(13)12(14)18-10/h2-4H,16H2,1H3. The van der Waals surface area contributed by atoms with Crippen LogP contribution in [0.25, 0.3) is 0 Å². The lowest BCUT2D eigenvalue weighted by atomic mass is 10.0. The number of benzene rings is 1. The van der Waals surface area contributed by atoms with Crippen LogP contribution in [0.4, 0.5) is 10.1 Å². The van der Waals surface area contributed by atoms with Crippen molar-refractivity contribution < 1.29 is 9.18 Å². The van der Waals surface area contributed by atoms with Gasteiger partial charge in [0.1, 0.15) is 10.2 Å². The van der Waals surface area contributed by atoms with Crippen LogP contribution in [0, 0.1) is 12.7 Å². The monoisotopic (exact) mass is 347 g/mol. The first-order valence-electron chi connectivity index (χ1n) is 4.95. The minimum absolute atomic E-state index is 0.0364. The van der Waals surface area contributed by atoms with Crippen molar-refractivity contribution in [3.05, 3.63) is 48.8 Å². The van der Waals surface area contributed by atoms with E-state index in [0.717, 1.165) is 0 Å². The van der Waals surface area contributed by atoms with Crippen LogP contribution >= 0.6 is 38.9 Å². The van der Waals surface area contributed by atoms with E-state index in [1.807, 2.05) is 0 Å². The molecule has 2 nitrogen and oxygen atoms in total. The van der Waals surface area contributed by atoms with Crippen molar-refractivity contribution in [1.82, 2.24) is 0 Å². The molecule has 0 unspecified atom stereocenters. The third-order valence-electron chi connectivity index (χ3n) is 2.46. The maximum absolute atomic E-state index is 13.2. The van der Waals surface area contributed by atoms with E-state index in [-0.39, 0.29) is 11.5 Å². The van der Waals surface area contributed by atoms with Crippen molar-refractivity contribution in [3.63, 3.8) is 0 Å². The van der Waals surface area contributed by atoms with Gasteiger partial charge in [0.2, 0.25) is 5.78 Å². The number of thiophene rings is 1. The van der Waals surface area contributed by atoms with E-state index in [1.54, 1.807) is 13.0 Å². The van der Waals surface area contributed by atoms with Gasteiger partial charge in [-0.1, -0.05) is 11.6 Å². The molecule has 0 radical (unpaired) electrons. The second kappa shape index (κ2) is 4.99. The average molecular weight is 349 g/mol. The Morgan fingerprint density at radius 1 is 1.44 bits per heavy atom. The molecule has 0 spiro atoms. The lowest BCUT2D eigenvalue weighted by Gasteiger charge is -2.05. The molecule has 2 rings (SSSR count). The van der Waals surface area contributed by atoms with E-state index in [4.69, 9.17) is 17.3 Å². The summed E-state index contributed by atoms with van der Waals surface area (Å²) in [4.78, 5) is 12.7. The maximum atomic E-state index is 13.2. The Balaban J connectivity index is 2.49. The molecule has 1 heterocycles. The molecule has 0 saturated heterocycles. The van der Waals surface area contributed by atoms with Gasteiger partial charge in [0.05, 0.1) is 10.6 Å². The highest BCUT2D eigenvalue weighted by molar-refractivity contribution is 9.10. The summed E-state index contributed by atoms with van der Waals surface area (Å²) >= 11 is 10.3. The quantitative estimate of drug-likeness (QED) is 0.644. The summed E-state index contributed by atoms with van der Waals surface area (Å²) in [6.07, 6.45) is 0. The summed E-state index contributed by atoms with van der Waals surface area (Å²) in [5.41, 5.74) is 6.38. The van der Waals surface area contributed by atoms with E-state index in [2.05, 4.69) is 15.9 Å². The Bertz CT molecular complexity index is 622. The van der Waals surface area contributed by atoms with Crippen LogP contribution in [0.3, 0.4) is 0 Å². The minimum atomic E-state index is -0.519. The van der Waals surface area contributed by atoms with Crippen LogP contribution in [0.15, 0.2) is 22.7 Å². The Morgan fingerprint density at radius 2 is 2.11 bits per heavy atom. The topological polar surface area (TPSA) is 43.1 Å². The maximum Gasteiger partial charge on any atom is 0.203 e. The van der Waals surface area contributed by atoms with Crippen LogP contribution in [0.1, 0.15) is 20.8 Å². The number of carbonyl (C=O) groups excluding carboxylic acids is 1. The predicted molar refractivity (Wildman–Crippen MR) is 76.0 cm³/mol. The Labute approximate surface area is 121 Å². The fourth-order valence-electron chi connectivity index (χ4n) is 1.53. The van der Waals surface area contributed by atoms with Crippen LogP contribution in [-0.4, -0.2) is 5.78 Å². The van der Waals surface area contributed by atoms with Gasteiger partial charge in [-0.3, -0.25) is 4.79 Å². The summed E-state index contributed by atoms with van der Waals surface area (Å²) < 4.78 is 14.4. The first kappa shape index (κ1) is 13.5. The van der Waals surface area contributed by atoms with Gasteiger partial charge >= 0.3 is 0 Å². The summed E-state index contributed by atoms with van der Waals surface area (Å²) in [5, 5.41) is 0. The lowest BCUT2D eigenvalue weighted by molar-refractivity contribution is 0.104. The number of rotatable bonds is 2. The molecule has 18 heavy (non-hydrogen) atoms. The van der Waals surface area contributed by atoms with Gasteiger partial charge in [0.25, 0.3) is 0 Å². The highest BCUT2D eigenvalue weighted by Crippen LogP contribution is 2.33. The number of hydrogen-bond acceptors (Lipinski definition) is 3. The normalized spacial score (nSPS) is 10.7. The van der Waals surface area contributed by atoms with Gasteiger partial charge in [-0.15, -0.1) is 11.3 Å². The molecule has 0 fully saturated rings. The summed E-state index contributed by atoms with van der Waals surface area (Å²) in [7, 11) is 0. The van der Waals surface area contributed by atoms with Crippen molar-refractivity contribution >= 4 is 50.3 Å². The number of carbonyl (C=O) groups is 1. The lowest BCUT2D eigenvalue weighted by Crippen LogP contribution is -2.04. The summed E-state index contributed by atoms with van der Waals surface area (Å²) in [6, 6.07) is 4.26. The number of aryl methyl sites for hydroxylation is 1. The van der Waals surface area contributed by atoms with Crippen LogP contribution < -0.4 is 5.73 Å². The molecule has 0 aliphatic rings. The van der Waals surface area contributed by atoms with Crippen LogP contribution in [-0.2, 0) is 0 Å². The zero-order valence-corrected chi connectivity index (χ0v) is 12.4. The van der Waals surface area contributed by atoms with Gasteiger partial charge in [0, 0.05) is 10.0 Å². The summed E-state index contributed by atoms with van der Waals surface area (Å²) in [6.45, 7) is 1.67. The molecule has 0 saturated carbocycles. The number of anilines is 1. The van der Waals surface area contributed by atoms with Crippen molar-refractivity contribution in [3.8, 4) is 0 Å². The van der Waals surface area contributed by atoms with E-state index in [1.165, 1.54) is 23.5 Å². The Hall–Kier alpha value is -0.910. The fraction of sp³-hybridized carbons (Fsp3) is 0.0833. The van der Waals surface area contributed by atoms with E-state index in [9.17, 15) is 9.18 Å². The highest BCUT2D eigenvalue weighted by Gasteiger charge is 2.17. The Kier molecular flexibility index (Phi) is 3.75. The molecule has 0 aliphatic heterocycles. The van der Waals surface area contributed by atoms with Gasteiger partial charge in [-0.2, -0.15) is 0 Å². The minimum Gasteiger partial charge on any atom is -0.396 e. The van der Waals surface area contributed by atoms with E-state index in [0.29, 0.717) is 24.8 Å². The van der Waals surface area contributed by atoms with Gasteiger partial charge in [-0.25, -0.2) is 4.39 Å². The molecular formula is C12H8BrClFNOS. The zero-order valence-electron chi connectivity index (χ0n) is 9.26. The molecule has 1 aromatic carbocycles. The van der Waals surface area contributed by atoms with Gasteiger partial charge in [-0.05, 0) is 46.6 Å². The first-order chi connectivity index (χ1) is 8.40. The summed E-state index contributed by atoms with van der Waals surface area (Å²) in [5.74, 6) is -0.730. The molecular weight excluding hydrogens is 341 g/mol. The molecule has 2 aromatic rings. The third kappa shape index (κ3) is 2.43. The predicted octanol–water partition coefficient (Wildman–Crippen LogP) is 4.42. The smallest absolute Gasteiger partial charge is 0.203 e. The van der Waals surface area contributed by atoms with Crippen LogP contribution in [0.5, 0.6) is 0 Å². The second-order valence-electron chi connectivity index (χ2n) is 3.75. The molecule has 2 N–H and O–H groups in total.